The van der Waals surface area contributed by atoms with Gasteiger partial charge < -0.3 is 5.32 Å². The number of nitrogens with one attached hydrogen (secondary N) is 1. The molecule has 0 aromatic carbocycles. The minimum atomic E-state index is 0.196. The topological polar surface area (TPSA) is 15.3 Å². The Balaban J connectivity index is 2.06. The summed E-state index contributed by atoms with van der Waals surface area (Å²) in [6.07, 6.45) is 3.73. The van der Waals surface area contributed by atoms with Gasteiger partial charge in [-0.25, -0.2) is 0 Å². The van der Waals surface area contributed by atoms with Crippen LogP contribution in [0.2, 0.25) is 4.34 Å². The summed E-state index contributed by atoms with van der Waals surface area (Å²) in [7, 11) is 2.07. The molecule has 2 heterocycles. The Morgan fingerprint density at radius 1 is 1.39 bits per heavy atom. The highest BCUT2D eigenvalue weighted by molar-refractivity contribution is 7.16. The van der Waals surface area contributed by atoms with Crippen molar-refractivity contribution in [2.24, 2.45) is 0 Å². The van der Waals surface area contributed by atoms with E-state index in [0.717, 1.165) is 10.8 Å². The van der Waals surface area contributed by atoms with Crippen molar-refractivity contribution in [3.63, 3.8) is 0 Å². The van der Waals surface area contributed by atoms with Gasteiger partial charge in [0.05, 0.1) is 4.34 Å². The van der Waals surface area contributed by atoms with E-state index < -0.39 is 0 Å². The van der Waals surface area contributed by atoms with Crippen LogP contribution in [0.25, 0.3) is 0 Å². The van der Waals surface area contributed by atoms with Gasteiger partial charge >= 0.3 is 0 Å². The molecule has 1 aromatic rings. The number of likely N-dealkylation sites (N-methyl/N-ethyl adjacent to an activating group) is 1. The second kappa shape index (κ2) is 5.91. The largest absolute Gasteiger partial charge is 0.315 e. The zero-order valence-electron chi connectivity index (χ0n) is 11.5. The summed E-state index contributed by atoms with van der Waals surface area (Å²) in [6.45, 7) is 7.18. The van der Waals surface area contributed by atoms with Crippen LogP contribution in [0.1, 0.15) is 31.6 Å². The Kier molecular flexibility index (Phi) is 4.70. The molecule has 1 fully saturated rings. The molecule has 1 unspecified atom stereocenters. The van der Waals surface area contributed by atoms with Crippen LogP contribution < -0.4 is 5.32 Å². The van der Waals surface area contributed by atoms with Gasteiger partial charge in [0, 0.05) is 16.5 Å². The molecule has 1 N–H and O–H groups in total. The lowest BCUT2D eigenvalue weighted by molar-refractivity contribution is 0.110. The van der Waals surface area contributed by atoms with E-state index >= 15 is 0 Å². The molecule has 1 aliphatic heterocycles. The van der Waals surface area contributed by atoms with Crippen molar-refractivity contribution in [3.05, 3.63) is 21.3 Å². The van der Waals surface area contributed by atoms with Crippen LogP contribution in [-0.2, 0) is 6.42 Å². The summed E-state index contributed by atoms with van der Waals surface area (Å²) in [5.41, 5.74) is 0.196. The molecule has 0 radical (unpaired) electrons. The summed E-state index contributed by atoms with van der Waals surface area (Å²) < 4.78 is 0.888. The molecule has 0 spiro atoms. The molecule has 0 aliphatic carbocycles. The molecule has 0 bridgehead atoms. The van der Waals surface area contributed by atoms with Gasteiger partial charge in [0.25, 0.3) is 0 Å². The Morgan fingerprint density at radius 3 is 2.56 bits per heavy atom. The Morgan fingerprint density at radius 2 is 2.06 bits per heavy atom. The van der Waals surface area contributed by atoms with Crippen LogP contribution in [-0.4, -0.2) is 36.6 Å². The van der Waals surface area contributed by atoms with E-state index in [-0.39, 0.29) is 5.54 Å². The first-order valence-corrected chi connectivity index (χ1v) is 7.90. The average molecular weight is 287 g/mol. The second-order valence-corrected chi connectivity index (χ2v) is 7.40. The highest BCUT2D eigenvalue weighted by atomic mass is 35.5. The molecular formula is C14H23ClN2S. The van der Waals surface area contributed by atoms with Crippen molar-refractivity contribution >= 4 is 22.9 Å². The molecule has 1 aromatic heterocycles. The lowest BCUT2D eigenvalue weighted by Crippen LogP contribution is -2.56. The quantitative estimate of drug-likeness (QED) is 0.892. The van der Waals surface area contributed by atoms with Gasteiger partial charge in [0.1, 0.15) is 0 Å². The Bertz CT molecular complexity index is 383. The smallest absolute Gasteiger partial charge is 0.0931 e. The van der Waals surface area contributed by atoms with Crippen molar-refractivity contribution in [3.8, 4) is 0 Å². The fourth-order valence-electron chi connectivity index (χ4n) is 2.88. The van der Waals surface area contributed by atoms with Gasteiger partial charge in [-0.2, -0.15) is 0 Å². The second-order valence-electron chi connectivity index (χ2n) is 5.60. The van der Waals surface area contributed by atoms with Gasteiger partial charge in [-0.05, 0) is 65.4 Å². The van der Waals surface area contributed by atoms with Gasteiger partial charge in [-0.1, -0.05) is 11.6 Å². The molecule has 18 heavy (non-hydrogen) atoms. The van der Waals surface area contributed by atoms with Crippen molar-refractivity contribution in [2.45, 2.75) is 44.7 Å². The van der Waals surface area contributed by atoms with Gasteiger partial charge in [0.2, 0.25) is 0 Å². The van der Waals surface area contributed by atoms with E-state index in [1.54, 1.807) is 11.3 Å². The summed E-state index contributed by atoms with van der Waals surface area (Å²) in [6, 6.07) is 4.61. The number of hydrogen-bond acceptors (Lipinski definition) is 3. The van der Waals surface area contributed by atoms with Crippen LogP contribution >= 0.6 is 22.9 Å². The Hall–Kier alpha value is -0.0900. The van der Waals surface area contributed by atoms with Crippen LogP contribution in [0.4, 0.5) is 0 Å². The highest BCUT2D eigenvalue weighted by Gasteiger charge is 2.36. The average Bonchev–Trinajstić information content (AvgIpc) is 2.96. The lowest BCUT2D eigenvalue weighted by atomic mass is 9.89. The molecule has 0 saturated carbocycles. The summed E-state index contributed by atoms with van der Waals surface area (Å²) >= 11 is 7.71. The van der Waals surface area contributed by atoms with Crippen molar-refractivity contribution < 1.29 is 0 Å². The molecule has 2 rings (SSSR count). The number of likely N-dealkylation sites (tertiary alicyclic amines) is 1. The maximum Gasteiger partial charge on any atom is 0.0931 e. The number of hydrogen-bond donors (Lipinski definition) is 1. The molecular weight excluding hydrogens is 264 g/mol. The molecule has 1 aliphatic rings. The fraction of sp³-hybridized carbons (Fsp3) is 0.714. The molecule has 4 heteroatoms. The first-order chi connectivity index (χ1) is 8.54. The van der Waals surface area contributed by atoms with E-state index in [2.05, 4.69) is 37.2 Å². The maximum atomic E-state index is 6.02. The molecule has 102 valence electrons. The number of rotatable bonds is 5. The van der Waals surface area contributed by atoms with E-state index in [0.29, 0.717) is 6.04 Å². The number of halogens is 1. The standard InChI is InChI=1S/C14H23ClN2S/c1-14(2,17-8-4-5-9-17)12(16-3)10-11-6-7-13(15)18-11/h6-7,12,16H,4-5,8-10H2,1-3H3. The minimum absolute atomic E-state index is 0.196. The van der Waals surface area contributed by atoms with Gasteiger partial charge in [0.15, 0.2) is 0 Å². The van der Waals surface area contributed by atoms with Crippen molar-refractivity contribution in [1.82, 2.24) is 10.2 Å². The molecule has 1 atom stereocenters. The van der Waals surface area contributed by atoms with Gasteiger partial charge in [-0.15, -0.1) is 11.3 Å². The zero-order chi connectivity index (χ0) is 13.2. The number of thiophene rings is 1. The minimum Gasteiger partial charge on any atom is -0.315 e. The normalized spacial score (nSPS) is 19.3. The SMILES string of the molecule is CNC(Cc1ccc(Cl)s1)C(C)(C)N1CCCC1. The van der Waals surface area contributed by atoms with E-state index in [9.17, 15) is 0 Å². The van der Waals surface area contributed by atoms with Crippen molar-refractivity contribution in [2.75, 3.05) is 20.1 Å². The molecule has 0 amide bonds. The lowest BCUT2D eigenvalue weighted by Gasteiger charge is -2.42. The van der Waals surface area contributed by atoms with Crippen LogP contribution in [0.3, 0.4) is 0 Å². The highest BCUT2D eigenvalue weighted by Crippen LogP contribution is 2.29. The van der Waals surface area contributed by atoms with E-state index in [4.69, 9.17) is 11.6 Å². The van der Waals surface area contributed by atoms with Crippen molar-refractivity contribution in [1.29, 1.82) is 0 Å². The van der Waals surface area contributed by atoms with Crippen LogP contribution in [0.15, 0.2) is 12.1 Å². The zero-order valence-corrected chi connectivity index (χ0v) is 13.1. The number of nitrogens with zero attached hydrogens (tertiary/aromatic N) is 1. The first-order valence-electron chi connectivity index (χ1n) is 6.70. The first kappa shape index (κ1) is 14.3. The summed E-state index contributed by atoms with van der Waals surface area (Å²) in [4.78, 5) is 3.98. The maximum absolute atomic E-state index is 6.02. The monoisotopic (exact) mass is 286 g/mol. The van der Waals surface area contributed by atoms with E-state index in [1.165, 1.54) is 30.8 Å². The predicted octanol–water partition coefficient (Wildman–Crippen LogP) is 3.41. The van der Waals surface area contributed by atoms with Crippen LogP contribution in [0, 0.1) is 0 Å². The summed E-state index contributed by atoms with van der Waals surface area (Å²) in [5, 5.41) is 3.50. The third-order valence-electron chi connectivity index (χ3n) is 4.16. The third-order valence-corrected chi connectivity index (χ3v) is 5.41. The third kappa shape index (κ3) is 3.08. The fourth-order valence-corrected chi connectivity index (χ4v) is 4.01. The predicted molar refractivity (Wildman–Crippen MR) is 80.8 cm³/mol. The van der Waals surface area contributed by atoms with E-state index in [1.807, 2.05) is 6.07 Å². The molecule has 2 nitrogen and oxygen atoms in total. The summed E-state index contributed by atoms with van der Waals surface area (Å²) in [5.74, 6) is 0. The van der Waals surface area contributed by atoms with Gasteiger partial charge in [-0.3, -0.25) is 4.90 Å². The Labute approximate surface area is 119 Å². The van der Waals surface area contributed by atoms with Crippen LogP contribution in [0.5, 0.6) is 0 Å². The molecule has 1 saturated heterocycles.